The second-order valence-electron chi connectivity index (χ2n) is 4.49. The molecule has 1 heterocycles. The molecular formula is C15H10ClF3N2O2. The van der Waals surface area contributed by atoms with Crippen molar-refractivity contribution in [1.82, 2.24) is 4.98 Å². The van der Waals surface area contributed by atoms with Crippen molar-refractivity contribution in [1.29, 1.82) is 0 Å². The van der Waals surface area contributed by atoms with E-state index in [1.165, 1.54) is 6.08 Å². The lowest BCUT2D eigenvalue weighted by Crippen LogP contribution is -2.07. The van der Waals surface area contributed by atoms with E-state index in [-0.39, 0.29) is 28.2 Å². The number of alkyl halides is 2. The number of benzene rings is 1. The predicted octanol–water partition coefficient (Wildman–Crippen LogP) is 4.40. The van der Waals surface area contributed by atoms with Gasteiger partial charge in [-0.15, -0.1) is 0 Å². The van der Waals surface area contributed by atoms with Crippen LogP contribution in [0.1, 0.15) is 27.9 Å². The molecule has 0 aliphatic rings. The Hall–Kier alpha value is -2.54. The maximum Gasteiger partial charge on any atom is 0.336 e. The van der Waals surface area contributed by atoms with E-state index in [2.05, 4.69) is 11.6 Å². The third-order valence-electron chi connectivity index (χ3n) is 3.14. The molecular weight excluding hydrogens is 333 g/mol. The van der Waals surface area contributed by atoms with Crippen molar-refractivity contribution in [2.45, 2.75) is 6.43 Å². The number of aromatic carboxylic acids is 1. The number of anilines is 1. The number of carbonyl (C=O) groups is 1. The molecule has 23 heavy (non-hydrogen) atoms. The van der Waals surface area contributed by atoms with E-state index in [1.54, 1.807) is 0 Å². The molecule has 0 saturated carbocycles. The van der Waals surface area contributed by atoms with Gasteiger partial charge in [-0.05, 0) is 18.2 Å². The van der Waals surface area contributed by atoms with E-state index in [1.807, 2.05) is 0 Å². The van der Waals surface area contributed by atoms with E-state index >= 15 is 0 Å². The monoisotopic (exact) mass is 342 g/mol. The van der Waals surface area contributed by atoms with Gasteiger partial charge < -0.3 is 10.8 Å². The van der Waals surface area contributed by atoms with Gasteiger partial charge in [0.2, 0.25) is 0 Å². The quantitative estimate of drug-likeness (QED) is 0.863. The van der Waals surface area contributed by atoms with Crippen molar-refractivity contribution in [2.75, 3.05) is 5.73 Å². The zero-order valence-electron chi connectivity index (χ0n) is 11.5. The van der Waals surface area contributed by atoms with Crippen molar-refractivity contribution in [3.8, 4) is 11.3 Å². The molecule has 0 spiro atoms. The molecule has 0 saturated heterocycles. The average molecular weight is 343 g/mol. The van der Waals surface area contributed by atoms with Gasteiger partial charge in [0.05, 0.1) is 21.8 Å². The van der Waals surface area contributed by atoms with Gasteiger partial charge in [0, 0.05) is 11.1 Å². The molecule has 0 amide bonds. The van der Waals surface area contributed by atoms with Crippen LogP contribution in [0.15, 0.2) is 24.8 Å². The van der Waals surface area contributed by atoms with Gasteiger partial charge in [0.1, 0.15) is 11.6 Å². The van der Waals surface area contributed by atoms with Crippen LogP contribution in [0, 0.1) is 5.82 Å². The van der Waals surface area contributed by atoms with Crippen LogP contribution in [-0.2, 0) is 0 Å². The highest BCUT2D eigenvalue weighted by Crippen LogP contribution is 2.35. The van der Waals surface area contributed by atoms with Gasteiger partial charge in [-0.3, -0.25) is 0 Å². The number of nitrogen functional groups attached to an aromatic ring is 1. The minimum atomic E-state index is -3.13. The van der Waals surface area contributed by atoms with Crippen LogP contribution in [0.25, 0.3) is 17.3 Å². The molecule has 8 heteroatoms. The van der Waals surface area contributed by atoms with Gasteiger partial charge >= 0.3 is 5.97 Å². The first-order valence-corrected chi connectivity index (χ1v) is 6.58. The number of carboxylic acid groups (broad SMARTS) is 1. The number of halogens is 4. The summed E-state index contributed by atoms with van der Waals surface area (Å²) in [6.45, 7) is 3.43. The summed E-state index contributed by atoms with van der Waals surface area (Å²) in [7, 11) is 0. The number of hydrogen-bond acceptors (Lipinski definition) is 3. The Labute approximate surface area is 134 Å². The Kier molecular flexibility index (Phi) is 4.60. The normalized spacial score (nSPS) is 10.8. The first kappa shape index (κ1) is 16.8. The van der Waals surface area contributed by atoms with Gasteiger partial charge in [0.25, 0.3) is 6.43 Å². The number of nitrogens with zero attached hydrogens (tertiary/aromatic N) is 1. The molecule has 0 fully saturated rings. The molecule has 4 nitrogen and oxygen atoms in total. The fourth-order valence-corrected chi connectivity index (χ4v) is 2.30. The number of hydrogen-bond donors (Lipinski definition) is 2. The second kappa shape index (κ2) is 6.29. The van der Waals surface area contributed by atoms with Crippen LogP contribution in [0.2, 0.25) is 5.02 Å². The lowest BCUT2D eigenvalue weighted by Gasteiger charge is -2.12. The molecule has 0 aliphatic carbocycles. The maximum absolute atomic E-state index is 14.3. The third-order valence-corrected chi connectivity index (χ3v) is 3.47. The Morgan fingerprint density at radius 2 is 2.09 bits per heavy atom. The largest absolute Gasteiger partial charge is 0.478 e. The summed E-state index contributed by atoms with van der Waals surface area (Å²) >= 11 is 5.57. The topological polar surface area (TPSA) is 76.2 Å². The Balaban J connectivity index is 2.76. The molecule has 3 N–H and O–H groups in total. The first-order chi connectivity index (χ1) is 10.8. The van der Waals surface area contributed by atoms with E-state index in [4.69, 9.17) is 17.3 Å². The maximum atomic E-state index is 14.3. The Morgan fingerprint density at radius 3 is 2.61 bits per heavy atom. The van der Waals surface area contributed by atoms with Crippen molar-refractivity contribution >= 4 is 29.5 Å². The number of pyridine rings is 1. The summed E-state index contributed by atoms with van der Waals surface area (Å²) in [4.78, 5) is 15.1. The van der Waals surface area contributed by atoms with Crippen LogP contribution >= 0.6 is 11.6 Å². The zero-order valence-corrected chi connectivity index (χ0v) is 12.2. The molecule has 0 unspecified atom stereocenters. The number of rotatable bonds is 4. The molecule has 0 aliphatic heterocycles. The summed E-state index contributed by atoms with van der Waals surface area (Å²) in [5.41, 5.74) is 3.94. The van der Waals surface area contributed by atoms with Crippen molar-refractivity contribution < 1.29 is 23.1 Å². The van der Waals surface area contributed by atoms with Crippen LogP contribution in [0.4, 0.5) is 19.0 Å². The van der Waals surface area contributed by atoms with E-state index in [0.717, 1.165) is 18.2 Å². The average Bonchev–Trinajstić information content (AvgIpc) is 2.46. The summed E-state index contributed by atoms with van der Waals surface area (Å²) in [6, 6.07) is 3.25. The van der Waals surface area contributed by atoms with Gasteiger partial charge in [0.15, 0.2) is 0 Å². The predicted molar refractivity (Wildman–Crippen MR) is 81.1 cm³/mol. The highest BCUT2D eigenvalue weighted by molar-refractivity contribution is 6.31. The molecule has 2 rings (SSSR count). The fraction of sp³-hybridized carbons (Fsp3) is 0.0667. The summed E-state index contributed by atoms with van der Waals surface area (Å²) in [6.07, 6.45) is -1.94. The van der Waals surface area contributed by atoms with Crippen molar-refractivity contribution in [2.24, 2.45) is 0 Å². The zero-order chi connectivity index (χ0) is 17.3. The van der Waals surface area contributed by atoms with Gasteiger partial charge in [-0.1, -0.05) is 24.3 Å². The highest BCUT2D eigenvalue weighted by Gasteiger charge is 2.23. The smallest absolute Gasteiger partial charge is 0.336 e. The van der Waals surface area contributed by atoms with E-state index in [9.17, 15) is 23.1 Å². The Bertz CT molecular complexity index is 810. The minimum Gasteiger partial charge on any atom is -0.478 e. The highest BCUT2D eigenvalue weighted by atomic mass is 35.5. The van der Waals surface area contributed by atoms with Crippen LogP contribution in [0.3, 0.4) is 0 Å². The number of nitrogens with two attached hydrogens (primary N) is 1. The fourth-order valence-electron chi connectivity index (χ4n) is 2.07. The van der Waals surface area contributed by atoms with Gasteiger partial charge in [-0.25, -0.2) is 22.9 Å². The number of aromatic nitrogens is 1. The lowest BCUT2D eigenvalue weighted by atomic mass is 10.0. The van der Waals surface area contributed by atoms with Crippen LogP contribution in [-0.4, -0.2) is 16.1 Å². The van der Waals surface area contributed by atoms with Gasteiger partial charge in [-0.2, -0.15) is 0 Å². The van der Waals surface area contributed by atoms with Crippen molar-refractivity contribution in [3.05, 3.63) is 52.3 Å². The molecule has 1 aromatic heterocycles. The van der Waals surface area contributed by atoms with Crippen molar-refractivity contribution in [3.63, 3.8) is 0 Å². The SMILES string of the molecule is C=Cc1c(C(=O)O)cc(-c2ccc(Cl)c(C(F)F)c2F)nc1N. The van der Waals surface area contributed by atoms with Crippen LogP contribution < -0.4 is 5.73 Å². The standard InChI is InChI=1S/C15H10ClF3N2O2/c1-2-6-8(15(22)23)5-10(21-14(6)20)7-3-4-9(16)11(12(7)17)13(18)19/h2-5,13H,1H2,(H2,20,21)(H,22,23). The minimum absolute atomic E-state index is 0.0599. The molecule has 120 valence electrons. The molecule has 2 aromatic rings. The van der Waals surface area contributed by atoms with E-state index < -0.39 is 28.8 Å². The molecule has 0 atom stereocenters. The molecule has 0 bridgehead atoms. The summed E-state index contributed by atoms with van der Waals surface area (Å²) in [5, 5.41) is 8.75. The Morgan fingerprint density at radius 1 is 1.43 bits per heavy atom. The number of carboxylic acids is 1. The first-order valence-electron chi connectivity index (χ1n) is 6.20. The van der Waals surface area contributed by atoms with E-state index in [0.29, 0.717) is 0 Å². The summed E-state index contributed by atoms with van der Waals surface area (Å²) in [5.74, 6) is -2.82. The second-order valence-corrected chi connectivity index (χ2v) is 4.89. The van der Waals surface area contributed by atoms with Crippen LogP contribution in [0.5, 0.6) is 0 Å². The third kappa shape index (κ3) is 3.00. The summed E-state index contributed by atoms with van der Waals surface area (Å²) < 4.78 is 40.1. The molecule has 1 aromatic carbocycles. The molecule has 0 radical (unpaired) electrons. The lowest BCUT2D eigenvalue weighted by molar-refractivity contribution is 0.0696.